The minimum Gasteiger partial charge on any atom is -0.396 e. The number of amides is 2. The fourth-order valence-electron chi connectivity index (χ4n) is 3.44. The second-order valence-electron chi connectivity index (χ2n) is 6.80. The molecule has 0 aromatic carbocycles. The molecule has 2 rings (SSSR count). The highest BCUT2D eigenvalue weighted by molar-refractivity contribution is 5.74. The summed E-state index contributed by atoms with van der Waals surface area (Å²) in [5.74, 6) is 0. The van der Waals surface area contributed by atoms with E-state index in [0.29, 0.717) is 12.2 Å². The maximum atomic E-state index is 12.2. The Kier molecular flexibility index (Phi) is 7.46. The molecule has 1 heterocycles. The Balaban J connectivity index is 1.64. The van der Waals surface area contributed by atoms with Gasteiger partial charge >= 0.3 is 6.03 Å². The normalized spacial score (nSPS) is 22.5. The van der Waals surface area contributed by atoms with Crippen LogP contribution in [0, 0.1) is 0 Å². The average molecular weight is 312 g/mol. The van der Waals surface area contributed by atoms with E-state index >= 15 is 0 Å². The number of nitrogens with zero attached hydrogens (tertiary/aromatic N) is 1. The third-order valence-corrected chi connectivity index (χ3v) is 4.83. The first-order valence-electron chi connectivity index (χ1n) is 9.01. The van der Waals surface area contributed by atoms with Crippen molar-refractivity contribution in [2.24, 2.45) is 0 Å². The van der Waals surface area contributed by atoms with Gasteiger partial charge in [-0.05, 0) is 45.4 Å². The number of rotatable bonds is 6. The first-order valence-corrected chi connectivity index (χ1v) is 9.01. The summed E-state index contributed by atoms with van der Waals surface area (Å²) >= 11 is 0. The summed E-state index contributed by atoms with van der Waals surface area (Å²) in [5.41, 5.74) is 0. The van der Waals surface area contributed by atoms with E-state index in [1.54, 1.807) is 0 Å². The number of hydrogen-bond acceptors (Lipinski definition) is 3. The first kappa shape index (κ1) is 17.5. The fraction of sp³-hybridized carbons (Fsp3) is 0.941. The Hall–Kier alpha value is -0.810. The predicted molar refractivity (Wildman–Crippen MR) is 86.9 cm³/mol. The van der Waals surface area contributed by atoms with Crippen molar-refractivity contribution in [1.82, 2.24) is 10.2 Å². The van der Waals surface area contributed by atoms with E-state index in [1.807, 2.05) is 11.8 Å². The van der Waals surface area contributed by atoms with E-state index in [-0.39, 0.29) is 18.7 Å². The molecule has 1 unspecified atom stereocenters. The van der Waals surface area contributed by atoms with E-state index in [2.05, 4.69) is 5.32 Å². The van der Waals surface area contributed by atoms with Crippen LogP contribution in [0.1, 0.15) is 64.7 Å². The number of carbonyl (C=O) groups excluding carboxylic acids is 1. The molecule has 128 valence electrons. The number of ether oxygens (including phenoxy) is 1. The topological polar surface area (TPSA) is 61.8 Å². The van der Waals surface area contributed by atoms with Crippen LogP contribution in [-0.4, -0.2) is 54.0 Å². The van der Waals surface area contributed by atoms with Crippen LogP contribution >= 0.6 is 0 Å². The van der Waals surface area contributed by atoms with Crippen LogP contribution in [0.2, 0.25) is 0 Å². The summed E-state index contributed by atoms with van der Waals surface area (Å²) in [4.78, 5) is 14.1. The van der Waals surface area contributed by atoms with Crippen molar-refractivity contribution >= 4 is 6.03 Å². The maximum absolute atomic E-state index is 12.2. The van der Waals surface area contributed by atoms with Crippen LogP contribution in [0.25, 0.3) is 0 Å². The third-order valence-electron chi connectivity index (χ3n) is 4.83. The SMILES string of the molecule is CC(CCCO)NC(=O)N1CCC(OC2CCCCC2)CC1. The maximum Gasteiger partial charge on any atom is 0.317 e. The lowest BCUT2D eigenvalue weighted by atomic mass is 9.97. The van der Waals surface area contributed by atoms with Gasteiger partial charge in [-0.1, -0.05) is 19.3 Å². The predicted octanol–water partition coefficient (Wildman–Crippen LogP) is 2.67. The molecule has 1 aliphatic heterocycles. The Labute approximate surface area is 134 Å². The molecule has 5 nitrogen and oxygen atoms in total. The number of nitrogens with one attached hydrogen (secondary N) is 1. The van der Waals surface area contributed by atoms with Gasteiger partial charge in [0.1, 0.15) is 0 Å². The number of hydrogen-bond donors (Lipinski definition) is 2. The Morgan fingerprint density at radius 1 is 1.18 bits per heavy atom. The van der Waals surface area contributed by atoms with Crippen LogP contribution in [-0.2, 0) is 4.74 Å². The molecule has 1 atom stereocenters. The number of carbonyl (C=O) groups is 1. The second-order valence-corrected chi connectivity index (χ2v) is 6.80. The van der Waals surface area contributed by atoms with E-state index in [4.69, 9.17) is 9.84 Å². The van der Waals surface area contributed by atoms with Crippen LogP contribution in [0.5, 0.6) is 0 Å². The molecule has 5 heteroatoms. The molecule has 22 heavy (non-hydrogen) atoms. The van der Waals surface area contributed by atoms with Gasteiger partial charge < -0.3 is 20.1 Å². The van der Waals surface area contributed by atoms with Crippen molar-refractivity contribution in [3.8, 4) is 0 Å². The fourth-order valence-corrected chi connectivity index (χ4v) is 3.44. The number of aliphatic hydroxyl groups excluding tert-OH is 1. The monoisotopic (exact) mass is 312 g/mol. The molecular formula is C17H32N2O3. The van der Waals surface area contributed by atoms with Crippen molar-refractivity contribution in [2.75, 3.05) is 19.7 Å². The molecule has 0 aromatic heterocycles. The Morgan fingerprint density at radius 2 is 1.82 bits per heavy atom. The van der Waals surface area contributed by atoms with E-state index < -0.39 is 0 Å². The number of piperidine rings is 1. The average Bonchev–Trinajstić information content (AvgIpc) is 2.54. The largest absolute Gasteiger partial charge is 0.396 e. The van der Waals surface area contributed by atoms with Gasteiger partial charge in [0, 0.05) is 25.7 Å². The second kappa shape index (κ2) is 9.36. The zero-order valence-electron chi connectivity index (χ0n) is 13.9. The van der Waals surface area contributed by atoms with Crippen molar-refractivity contribution in [2.45, 2.75) is 83.0 Å². The zero-order valence-corrected chi connectivity index (χ0v) is 13.9. The lowest BCUT2D eigenvalue weighted by Crippen LogP contribution is -2.48. The van der Waals surface area contributed by atoms with Gasteiger partial charge in [-0.25, -0.2) is 4.79 Å². The van der Waals surface area contributed by atoms with Crippen LogP contribution in [0.3, 0.4) is 0 Å². The smallest absolute Gasteiger partial charge is 0.317 e. The van der Waals surface area contributed by atoms with Crippen molar-refractivity contribution in [3.63, 3.8) is 0 Å². The summed E-state index contributed by atoms with van der Waals surface area (Å²) in [6, 6.07) is 0.150. The molecule has 2 aliphatic rings. The van der Waals surface area contributed by atoms with Crippen LogP contribution in [0.4, 0.5) is 4.79 Å². The molecule has 0 aromatic rings. The van der Waals surface area contributed by atoms with E-state index in [0.717, 1.165) is 38.8 Å². The van der Waals surface area contributed by atoms with Crippen LogP contribution < -0.4 is 5.32 Å². The van der Waals surface area contributed by atoms with Gasteiger partial charge in [0.25, 0.3) is 0 Å². The number of likely N-dealkylation sites (tertiary alicyclic amines) is 1. The molecule has 0 spiro atoms. The molecule has 0 radical (unpaired) electrons. The zero-order chi connectivity index (χ0) is 15.8. The van der Waals surface area contributed by atoms with Gasteiger partial charge in [-0.15, -0.1) is 0 Å². The summed E-state index contributed by atoms with van der Waals surface area (Å²) < 4.78 is 6.21. The van der Waals surface area contributed by atoms with Gasteiger partial charge in [-0.2, -0.15) is 0 Å². The lowest BCUT2D eigenvalue weighted by molar-refractivity contribution is -0.0515. The highest BCUT2D eigenvalue weighted by Gasteiger charge is 2.26. The molecule has 1 saturated heterocycles. The minimum absolute atomic E-state index is 0.0292. The number of aliphatic hydroxyl groups is 1. The van der Waals surface area contributed by atoms with Gasteiger partial charge in [0.15, 0.2) is 0 Å². The number of urea groups is 1. The molecular weight excluding hydrogens is 280 g/mol. The molecule has 2 amide bonds. The highest BCUT2D eigenvalue weighted by Crippen LogP contribution is 2.24. The van der Waals surface area contributed by atoms with Gasteiger partial charge in [0.2, 0.25) is 0 Å². The van der Waals surface area contributed by atoms with Gasteiger partial charge in [-0.3, -0.25) is 0 Å². The molecule has 0 bridgehead atoms. The molecule has 1 aliphatic carbocycles. The first-order chi connectivity index (χ1) is 10.7. The van der Waals surface area contributed by atoms with Gasteiger partial charge in [0.05, 0.1) is 12.2 Å². The van der Waals surface area contributed by atoms with Crippen molar-refractivity contribution in [3.05, 3.63) is 0 Å². The molecule has 2 fully saturated rings. The summed E-state index contributed by atoms with van der Waals surface area (Å²) in [6.45, 7) is 3.75. The lowest BCUT2D eigenvalue weighted by Gasteiger charge is -2.35. The van der Waals surface area contributed by atoms with E-state index in [9.17, 15) is 4.79 Å². The van der Waals surface area contributed by atoms with Crippen molar-refractivity contribution in [1.29, 1.82) is 0 Å². The standard InChI is InChI=1S/C17H32N2O3/c1-14(6-5-13-20)18-17(21)19-11-9-16(10-12-19)22-15-7-3-2-4-8-15/h14-16,20H,2-13H2,1H3,(H,18,21). The minimum atomic E-state index is 0.0292. The third kappa shape index (κ3) is 5.76. The van der Waals surface area contributed by atoms with Crippen molar-refractivity contribution < 1.29 is 14.6 Å². The summed E-state index contributed by atoms with van der Waals surface area (Å²) in [5, 5.41) is 11.8. The summed E-state index contributed by atoms with van der Waals surface area (Å²) in [6.07, 6.45) is 10.6. The Bertz CT molecular complexity index is 324. The molecule has 2 N–H and O–H groups in total. The van der Waals surface area contributed by atoms with Crippen LogP contribution in [0.15, 0.2) is 0 Å². The molecule has 1 saturated carbocycles. The quantitative estimate of drug-likeness (QED) is 0.792. The Morgan fingerprint density at radius 3 is 2.45 bits per heavy atom. The highest BCUT2D eigenvalue weighted by atomic mass is 16.5. The van der Waals surface area contributed by atoms with E-state index in [1.165, 1.54) is 32.1 Å². The summed E-state index contributed by atoms with van der Waals surface area (Å²) in [7, 11) is 0.